The number of carbonyl (C=O) groups excluding carboxylic acids is 1. The van der Waals surface area contributed by atoms with E-state index in [9.17, 15) is 9.90 Å². The molecule has 0 bridgehead atoms. The van der Waals surface area contributed by atoms with Gasteiger partial charge in [-0.05, 0) is 50.4 Å². The van der Waals surface area contributed by atoms with Crippen molar-refractivity contribution < 1.29 is 9.90 Å². The van der Waals surface area contributed by atoms with Gasteiger partial charge in [0.1, 0.15) is 0 Å². The summed E-state index contributed by atoms with van der Waals surface area (Å²) in [4.78, 5) is 14.4. The second-order valence-electron chi connectivity index (χ2n) is 7.29. The summed E-state index contributed by atoms with van der Waals surface area (Å²) in [7, 11) is 0. The summed E-state index contributed by atoms with van der Waals surface area (Å²) in [6.07, 6.45) is 6.71. The lowest BCUT2D eigenvalue weighted by atomic mass is 9.87. The lowest BCUT2D eigenvalue weighted by Gasteiger charge is -2.27. The molecule has 4 nitrogen and oxygen atoms in total. The Morgan fingerprint density at radius 2 is 1.90 bits per heavy atom. The molecule has 3 unspecified atom stereocenters. The van der Waals surface area contributed by atoms with E-state index in [4.69, 9.17) is 0 Å². The molecule has 0 aromatic rings. The van der Waals surface area contributed by atoms with Gasteiger partial charge in [-0.25, -0.2) is 0 Å². The van der Waals surface area contributed by atoms with E-state index in [0.717, 1.165) is 44.7 Å². The highest BCUT2D eigenvalue weighted by molar-refractivity contribution is 5.78. The summed E-state index contributed by atoms with van der Waals surface area (Å²) in [6.45, 7) is 4.72. The van der Waals surface area contributed by atoms with E-state index in [0.29, 0.717) is 24.4 Å². The van der Waals surface area contributed by atoms with Crippen LogP contribution in [0, 0.1) is 17.8 Å². The molecule has 2 N–H and O–H groups in total. The number of aliphatic hydroxyl groups is 1. The van der Waals surface area contributed by atoms with E-state index < -0.39 is 0 Å². The largest absolute Gasteiger partial charge is 0.393 e. The number of likely N-dealkylation sites (tertiary alicyclic amines) is 1. The molecule has 0 radical (unpaired) electrons. The Bertz CT molecular complexity index is 352. The molecule has 1 heterocycles. The predicted octanol–water partition coefficient (Wildman–Crippen LogP) is 1.38. The standard InChI is InChI=1S/C16H28N2O2/c1-11-2-5-13(6-3-11)17-16(20)10-18-8-12-4-7-15(19)14(12)9-18/h11-15,19H,2-10H2,1H3,(H,17,20). The molecule has 1 amide bonds. The van der Waals surface area contributed by atoms with Crippen LogP contribution < -0.4 is 5.32 Å². The van der Waals surface area contributed by atoms with Gasteiger partial charge in [0, 0.05) is 25.0 Å². The minimum Gasteiger partial charge on any atom is -0.393 e. The van der Waals surface area contributed by atoms with Gasteiger partial charge in [-0.2, -0.15) is 0 Å². The van der Waals surface area contributed by atoms with Gasteiger partial charge in [-0.3, -0.25) is 9.69 Å². The maximum absolute atomic E-state index is 12.1. The zero-order chi connectivity index (χ0) is 14.1. The molecule has 114 valence electrons. The average molecular weight is 280 g/mol. The third kappa shape index (κ3) is 3.17. The zero-order valence-corrected chi connectivity index (χ0v) is 12.6. The van der Waals surface area contributed by atoms with E-state index >= 15 is 0 Å². The molecule has 20 heavy (non-hydrogen) atoms. The molecule has 2 saturated carbocycles. The summed E-state index contributed by atoms with van der Waals surface area (Å²) in [5.74, 6) is 2.04. The highest BCUT2D eigenvalue weighted by Crippen LogP contribution is 2.37. The number of hydrogen-bond donors (Lipinski definition) is 2. The summed E-state index contributed by atoms with van der Waals surface area (Å²) in [5, 5.41) is 13.1. The number of hydrogen-bond acceptors (Lipinski definition) is 3. The van der Waals surface area contributed by atoms with Crippen LogP contribution in [-0.4, -0.2) is 47.7 Å². The number of nitrogens with zero attached hydrogens (tertiary/aromatic N) is 1. The first kappa shape index (κ1) is 14.3. The number of fused-ring (bicyclic) bond motifs is 1. The van der Waals surface area contributed by atoms with Gasteiger partial charge in [-0.15, -0.1) is 0 Å². The smallest absolute Gasteiger partial charge is 0.234 e. The van der Waals surface area contributed by atoms with Gasteiger partial charge in [0.25, 0.3) is 0 Å². The number of carbonyl (C=O) groups is 1. The Labute approximate surface area is 121 Å². The third-order valence-corrected chi connectivity index (χ3v) is 5.64. The first-order valence-corrected chi connectivity index (χ1v) is 8.31. The normalized spacial score (nSPS) is 41.6. The molecular formula is C16H28N2O2. The molecular weight excluding hydrogens is 252 g/mol. The van der Waals surface area contributed by atoms with E-state index in [1.165, 1.54) is 12.8 Å². The number of amides is 1. The molecule has 2 aliphatic carbocycles. The van der Waals surface area contributed by atoms with Crippen LogP contribution in [0.2, 0.25) is 0 Å². The van der Waals surface area contributed by atoms with Crippen LogP contribution in [0.25, 0.3) is 0 Å². The van der Waals surface area contributed by atoms with Crippen molar-refractivity contribution in [1.29, 1.82) is 0 Å². The number of aliphatic hydroxyl groups excluding tert-OH is 1. The van der Waals surface area contributed by atoms with Crippen molar-refractivity contribution in [3.05, 3.63) is 0 Å². The van der Waals surface area contributed by atoms with Crippen LogP contribution in [0.3, 0.4) is 0 Å². The molecule has 3 aliphatic rings. The van der Waals surface area contributed by atoms with Crippen LogP contribution in [0.4, 0.5) is 0 Å². The molecule has 1 saturated heterocycles. The van der Waals surface area contributed by atoms with Gasteiger partial charge in [-0.1, -0.05) is 6.92 Å². The zero-order valence-electron chi connectivity index (χ0n) is 12.6. The monoisotopic (exact) mass is 280 g/mol. The Morgan fingerprint density at radius 1 is 1.15 bits per heavy atom. The summed E-state index contributed by atoms with van der Waals surface area (Å²) >= 11 is 0. The van der Waals surface area contributed by atoms with Crippen molar-refractivity contribution in [2.45, 2.75) is 57.6 Å². The van der Waals surface area contributed by atoms with Gasteiger partial charge in [0.2, 0.25) is 5.91 Å². The Kier molecular flexibility index (Phi) is 4.32. The molecule has 4 heteroatoms. The third-order valence-electron chi connectivity index (χ3n) is 5.64. The Morgan fingerprint density at radius 3 is 2.60 bits per heavy atom. The van der Waals surface area contributed by atoms with E-state index in [1.807, 2.05) is 0 Å². The van der Waals surface area contributed by atoms with E-state index in [1.54, 1.807) is 0 Å². The Hall–Kier alpha value is -0.610. The molecule has 0 aromatic heterocycles. The summed E-state index contributed by atoms with van der Waals surface area (Å²) < 4.78 is 0. The lowest BCUT2D eigenvalue weighted by molar-refractivity contribution is -0.123. The fourth-order valence-electron chi connectivity index (χ4n) is 4.34. The summed E-state index contributed by atoms with van der Waals surface area (Å²) in [5.41, 5.74) is 0. The van der Waals surface area contributed by atoms with E-state index in [-0.39, 0.29) is 12.0 Å². The van der Waals surface area contributed by atoms with E-state index in [2.05, 4.69) is 17.1 Å². The first-order chi connectivity index (χ1) is 9.61. The molecule has 3 fully saturated rings. The topological polar surface area (TPSA) is 52.6 Å². The Balaban J connectivity index is 1.41. The fraction of sp³-hybridized carbons (Fsp3) is 0.938. The van der Waals surface area contributed by atoms with Crippen molar-refractivity contribution in [2.75, 3.05) is 19.6 Å². The maximum Gasteiger partial charge on any atom is 0.234 e. The predicted molar refractivity (Wildman–Crippen MR) is 78.2 cm³/mol. The van der Waals surface area contributed by atoms with Crippen LogP contribution >= 0.6 is 0 Å². The molecule has 1 aliphatic heterocycles. The minimum absolute atomic E-state index is 0.132. The van der Waals surface area contributed by atoms with Crippen LogP contribution in [-0.2, 0) is 4.79 Å². The van der Waals surface area contributed by atoms with Crippen molar-refractivity contribution in [1.82, 2.24) is 10.2 Å². The summed E-state index contributed by atoms with van der Waals surface area (Å²) in [6, 6.07) is 0.395. The second kappa shape index (κ2) is 6.02. The van der Waals surface area contributed by atoms with Gasteiger partial charge in [0.05, 0.1) is 12.6 Å². The quantitative estimate of drug-likeness (QED) is 0.821. The van der Waals surface area contributed by atoms with Crippen molar-refractivity contribution >= 4 is 5.91 Å². The maximum atomic E-state index is 12.1. The average Bonchev–Trinajstić information content (AvgIpc) is 2.95. The molecule has 0 aromatic carbocycles. The molecule has 0 spiro atoms. The number of nitrogens with one attached hydrogen (secondary N) is 1. The van der Waals surface area contributed by atoms with Crippen LogP contribution in [0.15, 0.2) is 0 Å². The minimum atomic E-state index is -0.132. The molecule has 3 atom stereocenters. The van der Waals surface area contributed by atoms with Crippen molar-refractivity contribution in [3.8, 4) is 0 Å². The van der Waals surface area contributed by atoms with Crippen LogP contribution in [0.1, 0.15) is 45.4 Å². The van der Waals surface area contributed by atoms with Gasteiger partial charge < -0.3 is 10.4 Å². The number of rotatable bonds is 3. The fourth-order valence-corrected chi connectivity index (χ4v) is 4.34. The van der Waals surface area contributed by atoms with Gasteiger partial charge >= 0.3 is 0 Å². The van der Waals surface area contributed by atoms with Crippen molar-refractivity contribution in [3.63, 3.8) is 0 Å². The molecule has 3 rings (SSSR count). The highest BCUT2D eigenvalue weighted by Gasteiger charge is 2.42. The highest BCUT2D eigenvalue weighted by atomic mass is 16.3. The van der Waals surface area contributed by atoms with Gasteiger partial charge in [0.15, 0.2) is 0 Å². The second-order valence-corrected chi connectivity index (χ2v) is 7.29. The van der Waals surface area contributed by atoms with Crippen molar-refractivity contribution in [2.24, 2.45) is 17.8 Å². The van der Waals surface area contributed by atoms with Crippen LogP contribution in [0.5, 0.6) is 0 Å². The SMILES string of the molecule is CC1CCC(NC(=O)CN2CC3CCC(O)C3C2)CC1. The lowest BCUT2D eigenvalue weighted by Crippen LogP contribution is -2.43. The first-order valence-electron chi connectivity index (χ1n) is 8.31.